The lowest BCUT2D eigenvalue weighted by atomic mass is 9.75. The maximum atomic E-state index is 5.40. The molecule has 5 nitrogen and oxygen atoms in total. The van der Waals surface area contributed by atoms with Crippen LogP contribution in [0.2, 0.25) is 0 Å². The van der Waals surface area contributed by atoms with Crippen molar-refractivity contribution in [2.45, 2.75) is 31.3 Å². The van der Waals surface area contributed by atoms with Crippen LogP contribution in [0.15, 0.2) is 35.2 Å². The minimum atomic E-state index is 0.522. The van der Waals surface area contributed by atoms with E-state index in [-0.39, 0.29) is 0 Å². The van der Waals surface area contributed by atoms with Gasteiger partial charge in [-0.15, -0.1) is 0 Å². The van der Waals surface area contributed by atoms with Crippen molar-refractivity contribution in [3.05, 3.63) is 42.0 Å². The van der Waals surface area contributed by atoms with Crippen molar-refractivity contribution in [3.63, 3.8) is 0 Å². The SMILES string of the molecule is COc1ccccc1C1CC(NCc2ncon2)C1. The number of benzene rings is 1. The molecule has 1 fully saturated rings. The van der Waals surface area contributed by atoms with Crippen molar-refractivity contribution in [1.29, 1.82) is 0 Å². The Labute approximate surface area is 112 Å². The van der Waals surface area contributed by atoms with Gasteiger partial charge in [-0.2, -0.15) is 4.98 Å². The molecular weight excluding hydrogens is 242 g/mol. The molecule has 1 N–H and O–H groups in total. The Morgan fingerprint density at radius 1 is 1.37 bits per heavy atom. The quantitative estimate of drug-likeness (QED) is 0.891. The van der Waals surface area contributed by atoms with Crippen LogP contribution in [0.25, 0.3) is 0 Å². The summed E-state index contributed by atoms with van der Waals surface area (Å²) in [6.07, 6.45) is 3.60. The Bertz CT molecular complexity index is 521. The van der Waals surface area contributed by atoms with E-state index in [1.54, 1.807) is 7.11 Å². The molecule has 1 aliphatic carbocycles. The highest BCUT2D eigenvalue weighted by atomic mass is 16.5. The molecule has 1 heterocycles. The highest BCUT2D eigenvalue weighted by molar-refractivity contribution is 5.37. The minimum absolute atomic E-state index is 0.522. The van der Waals surface area contributed by atoms with Gasteiger partial charge >= 0.3 is 0 Å². The summed E-state index contributed by atoms with van der Waals surface area (Å²) in [5.41, 5.74) is 1.31. The van der Waals surface area contributed by atoms with Gasteiger partial charge in [-0.25, -0.2) is 0 Å². The highest BCUT2D eigenvalue weighted by Gasteiger charge is 2.31. The van der Waals surface area contributed by atoms with Gasteiger partial charge in [0.1, 0.15) is 5.75 Å². The molecule has 0 unspecified atom stereocenters. The topological polar surface area (TPSA) is 60.2 Å². The third-order valence-corrected chi connectivity index (χ3v) is 3.67. The number of nitrogens with one attached hydrogen (secondary N) is 1. The van der Waals surface area contributed by atoms with Crippen LogP contribution in [0.4, 0.5) is 0 Å². The molecule has 5 heteroatoms. The molecule has 1 aromatic carbocycles. The summed E-state index contributed by atoms with van der Waals surface area (Å²) >= 11 is 0. The smallest absolute Gasteiger partial charge is 0.213 e. The van der Waals surface area contributed by atoms with Crippen LogP contribution >= 0.6 is 0 Å². The molecule has 0 atom stereocenters. The maximum absolute atomic E-state index is 5.40. The van der Waals surface area contributed by atoms with Crippen molar-refractivity contribution < 1.29 is 9.26 Å². The molecule has 0 aliphatic heterocycles. The number of aromatic nitrogens is 2. The van der Waals surface area contributed by atoms with Crippen molar-refractivity contribution in [1.82, 2.24) is 15.5 Å². The van der Waals surface area contributed by atoms with Crippen molar-refractivity contribution in [2.75, 3.05) is 7.11 Å². The largest absolute Gasteiger partial charge is 0.496 e. The van der Waals surface area contributed by atoms with Crippen molar-refractivity contribution in [3.8, 4) is 5.75 Å². The zero-order chi connectivity index (χ0) is 13.1. The predicted molar refractivity (Wildman–Crippen MR) is 69.9 cm³/mol. The van der Waals surface area contributed by atoms with Crippen molar-refractivity contribution in [2.24, 2.45) is 0 Å². The Balaban J connectivity index is 1.52. The molecule has 0 radical (unpaired) electrons. The van der Waals surface area contributed by atoms with Crippen LogP contribution < -0.4 is 10.1 Å². The predicted octanol–water partition coefficient (Wildman–Crippen LogP) is 2.11. The number of rotatable bonds is 5. The summed E-state index contributed by atoms with van der Waals surface area (Å²) in [6, 6.07) is 8.77. The first-order valence-corrected chi connectivity index (χ1v) is 6.48. The number of para-hydroxylation sites is 1. The zero-order valence-corrected chi connectivity index (χ0v) is 10.9. The number of methoxy groups -OCH3 is 1. The highest BCUT2D eigenvalue weighted by Crippen LogP contribution is 2.40. The van der Waals surface area contributed by atoms with E-state index in [0.717, 1.165) is 18.6 Å². The molecule has 2 aromatic rings. The molecule has 0 spiro atoms. The second-order valence-electron chi connectivity index (χ2n) is 4.84. The van der Waals surface area contributed by atoms with E-state index >= 15 is 0 Å². The number of nitrogens with zero attached hydrogens (tertiary/aromatic N) is 2. The van der Waals surface area contributed by atoms with Crippen LogP contribution in [-0.4, -0.2) is 23.3 Å². The summed E-state index contributed by atoms with van der Waals surface area (Å²) in [7, 11) is 1.73. The van der Waals surface area contributed by atoms with Gasteiger partial charge in [0.15, 0.2) is 5.82 Å². The lowest BCUT2D eigenvalue weighted by Crippen LogP contribution is -2.39. The third kappa shape index (κ3) is 2.61. The fourth-order valence-corrected chi connectivity index (χ4v) is 2.55. The summed E-state index contributed by atoms with van der Waals surface area (Å²) < 4.78 is 10.1. The Kier molecular flexibility index (Phi) is 3.46. The van der Waals surface area contributed by atoms with E-state index < -0.39 is 0 Å². The lowest BCUT2D eigenvalue weighted by Gasteiger charge is -2.36. The van der Waals surface area contributed by atoms with E-state index in [4.69, 9.17) is 9.26 Å². The second kappa shape index (κ2) is 5.40. The van der Waals surface area contributed by atoms with Crippen LogP contribution in [0.5, 0.6) is 5.75 Å². The third-order valence-electron chi connectivity index (χ3n) is 3.67. The summed E-state index contributed by atoms with van der Waals surface area (Å²) in [5, 5.41) is 7.22. The van der Waals surface area contributed by atoms with Crippen molar-refractivity contribution >= 4 is 0 Å². The Hall–Kier alpha value is -1.88. The lowest BCUT2D eigenvalue weighted by molar-refractivity contribution is 0.278. The summed E-state index contributed by atoms with van der Waals surface area (Å²) in [6.45, 7) is 0.666. The first-order chi connectivity index (χ1) is 9.36. The monoisotopic (exact) mass is 259 g/mol. The van der Waals surface area contributed by atoms with Crippen LogP contribution in [-0.2, 0) is 6.54 Å². The van der Waals surface area contributed by atoms with E-state index in [1.807, 2.05) is 12.1 Å². The fraction of sp³-hybridized carbons (Fsp3) is 0.429. The molecule has 0 bridgehead atoms. The fourth-order valence-electron chi connectivity index (χ4n) is 2.55. The first kappa shape index (κ1) is 12.2. The van der Waals surface area contributed by atoms with Gasteiger partial charge in [-0.3, -0.25) is 0 Å². The van der Waals surface area contributed by atoms with Gasteiger partial charge in [0.05, 0.1) is 13.7 Å². The summed E-state index contributed by atoms with van der Waals surface area (Å²) in [5.74, 6) is 2.28. The van der Waals surface area contributed by atoms with Crippen LogP contribution in [0.3, 0.4) is 0 Å². The molecular formula is C14H17N3O2. The number of ether oxygens (including phenoxy) is 1. The van der Waals surface area contributed by atoms with Gasteiger partial charge in [0.25, 0.3) is 0 Å². The molecule has 0 amide bonds. The van der Waals surface area contributed by atoms with E-state index in [9.17, 15) is 0 Å². The molecule has 100 valence electrons. The Morgan fingerprint density at radius 2 is 2.21 bits per heavy atom. The van der Waals surface area contributed by atoms with Gasteiger partial charge < -0.3 is 14.6 Å². The molecule has 1 aliphatic rings. The normalized spacial score (nSPS) is 21.9. The van der Waals surface area contributed by atoms with Gasteiger partial charge in [0, 0.05) is 6.04 Å². The zero-order valence-electron chi connectivity index (χ0n) is 10.9. The minimum Gasteiger partial charge on any atom is -0.496 e. The van der Waals surface area contributed by atoms with E-state index in [0.29, 0.717) is 24.3 Å². The summed E-state index contributed by atoms with van der Waals surface area (Å²) in [4.78, 5) is 3.99. The van der Waals surface area contributed by atoms with E-state index in [2.05, 4.69) is 27.6 Å². The average Bonchev–Trinajstić information content (AvgIpc) is 2.90. The van der Waals surface area contributed by atoms with Crippen LogP contribution in [0.1, 0.15) is 30.1 Å². The first-order valence-electron chi connectivity index (χ1n) is 6.48. The molecule has 19 heavy (non-hydrogen) atoms. The van der Waals surface area contributed by atoms with Gasteiger partial charge in [0.2, 0.25) is 6.39 Å². The maximum Gasteiger partial charge on any atom is 0.213 e. The number of hydrogen-bond acceptors (Lipinski definition) is 5. The van der Waals surface area contributed by atoms with Gasteiger partial charge in [-0.1, -0.05) is 23.4 Å². The standard InChI is InChI=1S/C14H17N3O2/c1-18-13-5-3-2-4-12(13)10-6-11(7-10)15-8-14-16-9-19-17-14/h2-5,9-11,15H,6-8H2,1H3. The second-order valence-corrected chi connectivity index (χ2v) is 4.84. The average molecular weight is 259 g/mol. The number of hydrogen-bond donors (Lipinski definition) is 1. The molecule has 1 aromatic heterocycles. The molecule has 0 saturated heterocycles. The van der Waals surface area contributed by atoms with Gasteiger partial charge in [-0.05, 0) is 30.4 Å². The van der Waals surface area contributed by atoms with Crippen LogP contribution in [0, 0.1) is 0 Å². The molecule has 3 rings (SSSR count). The van der Waals surface area contributed by atoms with E-state index in [1.165, 1.54) is 12.0 Å². The Morgan fingerprint density at radius 3 is 2.95 bits per heavy atom. The molecule has 1 saturated carbocycles.